The Kier molecular flexibility index (Phi) is 8.32. The van der Waals surface area contributed by atoms with Crippen molar-refractivity contribution in [3.63, 3.8) is 0 Å². The first-order valence-corrected chi connectivity index (χ1v) is 9.91. The summed E-state index contributed by atoms with van der Waals surface area (Å²) in [5.74, 6) is -0.479. The summed E-state index contributed by atoms with van der Waals surface area (Å²) in [6.45, 7) is 1.97. The standard InChI is InChI=1S/C17H19ClF3N5O2S/c1-3-25(13-11-26(23-14(13)18)12-6-4-8-22-10-12)16(27)15(24-28-2)29-9-5-7-17(19,20)21/h4,6,8,10-11H,3,5,7,9H2,1-2H3/b24-15+. The second-order valence-electron chi connectivity index (χ2n) is 5.66. The van der Waals surface area contributed by atoms with Crippen LogP contribution in [0.15, 0.2) is 35.9 Å². The van der Waals surface area contributed by atoms with Gasteiger partial charge in [-0.1, -0.05) is 28.5 Å². The molecule has 2 rings (SSSR count). The zero-order chi connectivity index (χ0) is 21.4. The van der Waals surface area contributed by atoms with Crippen LogP contribution in [-0.4, -0.2) is 51.3 Å². The van der Waals surface area contributed by atoms with Gasteiger partial charge in [0.05, 0.1) is 18.1 Å². The number of amides is 1. The number of rotatable bonds is 7. The number of oxime groups is 1. The molecule has 1 amide bonds. The predicted molar refractivity (Wildman–Crippen MR) is 107 cm³/mol. The van der Waals surface area contributed by atoms with Crippen LogP contribution >= 0.6 is 23.4 Å². The molecule has 0 aliphatic heterocycles. The number of hydrogen-bond donors (Lipinski definition) is 0. The molecule has 29 heavy (non-hydrogen) atoms. The molecule has 0 unspecified atom stereocenters. The molecule has 0 atom stereocenters. The largest absolute Gasteiger partial charge is 0.398 e. The van der Waals surface area contributed by atoms with Gasteiger partial charge >= 0.3 is 6.18 Å². The minimum absolute atomic E-state index is 0.0632. The molecule has 0 saturated carbocycles. The van der Waals surface area contributed by atoms with Gasteiger partial charge in [0.2, 0.25) is 5.04 Å². The van der Waals surface area contributed by atoms with Gasteiger partial charge in [-0.05, 0) is 25.5 Å². The van der Waals surface area contributed by atoms with Crippen molar-refractivity contribution in [2.75, 3.05) is 24.3 Å². The molecule has 2 aromatic heterocycles. The number of thioether (sulfide) groups is 1. The first-order chi connectivity index (χ1) is 13.8. The van der Waals surface area contributed by atoms with E-state index in [0.717, 1.165) is 11.8 Å². The fourth-order valence-electron chi connectivity index (χ4n) is 2.34. The lowest BCUT2D eigenvalue weighted by molar-refractivity contribution is -0.134. The number of halogens is 4. The Morgan fingerprint density at radius 1 is 1.45 bits per heavy atom. The number of carbonyl (C=O) groups excluding carboxylic acids is 1. The van der Waals surface area contributed by atoms with Crippen LogP contribution in [0.4, 0.5) is 18.9 Å². The van der Waals surface area contributed by atoms with E-state index in [2.05, 4.69) is 15.2 Å². The van der Waals surface area contributed by atoms with Gasteiger partial charge in [0, 0.05) is 24.9 Å². The Balaban J connectivity index is 2.17. The van der Waals surface area contributed by atoms with Gasteiger partial charge in [0.15, 0.2) is 5.15 Å². The van der Waals surface area contributed by atoms with Gasteiger partial charge in [0.25, 0.3) is 5.91 Å². The highest BCUT2D eigenvalue weighted by molar-refractivity contribution is 8.15. The number of alkyl halides is 3. The van der Waals surface area contributed by atoms with E-state index >= 15 is 0 Å². The van der Waals surface area contributed by atoms with Crippen LogP contribution in [0.3, 0.4) is 0 Å². The van der Waals surface area contributed by atoms with E-state index in [0.29, 0.717) is 11.4 Å². The van der Waals surface area contributed by atoms with Crippen molar-refractivity contribution >= 4 is 40.0 Å². The third-order valence-electron chi connectivity index (χ3n) is 3.61. The molecular formula is C17H19ClF3N5O2S. The molecule has 158 valence electrons. The van der Waals surface area contributed by atoms with E-state index in [9.17, 15) is 18.0 Å². The van der Waals surface area contributed by atoms with Crippen molar-refractivity contribution < 1.29 is 22.8 Å². The van der Waals surface area contributed by atoms with Gasteiger partial charge in [-0.15, -0.1) is 0 Å². The fourth-order valence-corrected chi connectivity index (χ4v) is 3.41. The van der Waals surface area contributed by atoms with Gasteiger partial charge in [-0.3, -0.25) is 9.78 Å². The van der Waals surface area contributed by atoms with E-state index < -0.39 is 18.5 Å². The van der Waals surface area contributed by atoms with Crippen molar-refractivity contribution in [1.82, 2.24) is 14.8 Å². The highest BCUT2D eigenvalue weighted by Crippen LogP contribution is 2.28. The summed E-state index contributed by atoms with van der Waals surface area (Å²) in [5, 5.41) is 7.88. The van der Waals surface area contributed by atoms with Crippen molar-refractivity contribution in [2.24, 2.45) is 5.16 Å². The maximum atomic E-state index is 12.9. The van der Waals surface area contributed by atoms with Crippen LogP contribution in [0.25, 0.3) is 5.69 Å². The molecule has 0 aliphatic carbocycles. The lowest BCUT2D eigenvalue weighted by Gasteiger charge is -2.19. The normalized spacial score (nSPS) is 12.1. The molecular weight excluding hydrogens is 431 g/mol. The lowest BCUT2D eigenvalue weighted by Crippen LogP contribution is -2.35. The second-order valence-corrected chi connectivity index (χ2v) is 7.10. The molecule has 7 nitrogen and oxygen atoms in total. The summed E-state index contributed by atoms with van der Waals surface area (Å²) < 4.78 is 38.4. The molecule has 0 saturated heterocycles. The molecule has 12 heteroatoms. The second kappa shape index (κ2) is 10.5. The molecule has 0 aliphatic rings. The highest BCUT2D eigenvalue weighted by atomic mass is 35.5. The van der Waals surface area contributed by atoms with Crippen molar-refractivity contribution in [2.45, 2.75) is 25.9 Å². The molecule has 0 bridgehead atoms. The summed E-state index contributed by atoms with van der Waals surface area (Å²) in [5.41, 5.74) is 0.985. The molecule has 0 fully saturated rings. The summed E-state index contributed by atoms with van der Waals surface area (Å²) in [6.07, 6.45) is -0.557. The average molecular weight is 450 g/mol. The first kappa shape index (κ1) is 23.0. The molecule has 2 aromatic rings. The van der Waals surface area contributed by atoms with Crippen LogP contribution in [0, 0.1) is 0 Å². The number of nitrogens with zero attached hydrogens (tertiary/aromatic N) is 5. The Morgan fingerprint density at radius 2 is 2.21 bits per heavy atom. The fraction of sp³-hybridized carbons (Fsp3) is 0.412. The summed E-state index contributed by atoms with van der Waals surface area (Å²) in [7, 11) is 1.26. The van der Waals surface area contributed by atoms with E-state index in [1.54, 1.807) is 37.6 Å². The maximum Gasteiger partial charge on any atom is 0.389 e. The zero-order valence-electron chi connectivity index (χ0n) is 15.7. The van der Waals surface area contributed by atoms with Crippen LogP contribution in [0.5, 0.6) is 0 Å². The van der Waals surface area contributed by atoms with Crippen LogP contribution in [0.1, 0.15) is 19.8 Å². The quantitative estimate of drug-likeness (QED) is 0.272. The monoisotopic (exact) mass is 449 g/mol. The van der Waals surface area contributed by atoms with Crippen LogP contribution in [-0.2, 0) is 9.63 Å². The highest BCUT2D eigenvalue weighted by Gasteiger charge is 2.28. The predicted octanol–water partition coefficient (Wildman–Crippen LogP) is 4.31. The average Bonchev–Trinajstić information content (AvgIpc) is 3.06. The van der Waals surface area contributed by atoms with E-state index in [-0.39, 0.29) is 28.9 Å². The number of anilines is 1. The number of carbonyl (C=O) groups is 1. The van der Waals surface area contributed by atoms with Crippen molar-refractivity contribution in [1.29, 1.82) is 0 Å². The van der Waals surface area contributed by atoms with Crippen LogP contribution < -0.4 is 4.90 Å². The Labute approximate surface area is 174 Å². The topological polar surface area (TPSA) is 72.6 Å². The number of aromatic nitrogens is 3. The minimum Gasteiger partial charge on any atom is -0.398 e. The van der Waals surface area contributed by atoms with Gasteiger partial charge < -0.3 is 9.74 Å². The molecule has 0 aromatic carbocycles. The van der Waals surface area contributed by atoms with E-state index in [4.69, 9.17) is 16.4 Å². The Hall–Kier alpha value is -2.27. The lowest BCUT2D eigenvalue weighted by atomic mass is 10.3. The molecule has 0 radical (unpaired) electrons. The number of hydrogen-bond acceptors (Lipinski definition) is 6. The SMILES string of the molecule is CCN(C(=O)/C(=N\OC)SCCCC(F)(F)F)c1cn(-c2cccnc2)nc1Cl. The Morgan fingerprint density at radius 3 is 2.79 bits per heavy atom. The van der Waals surface area contributed by atoms with E-state index in [1.807, 2.05) is 0 Å². The van der Waals surface area contributed by atoms with Gasteiger partial charge in [0.1, 0.15) is 12.8 Å². The zero-order valence-corrected chi connectivity index (χ0v) is 17.3. The van der Waals surface area contributed by atoms with Crippen LogP contribution in [0.2, 0.25) is 5.15 Å². The molecule has 0 N–H and O–H groups in total. The van der Waals surface area contributed by atoms with Gasteiger partial charge in [-0.2, -0.15) is 18.3 Å². The summed E-state index contributed by atoms with van der Waals surface area (Å²) >= 11 is 7.12. The summed E-state index contributed by atoms with van der Waals surface area (Å²) in [6, 6.07) is 3.50. The smallest absolute Gasteiger partial charge is 0.389 e. The third kappa shape index (κ3) is 6.64. The molecule has 0 spiro atoms. The molecule has 2 heterocycles. The number of pyridine rings is 1. The van der Waals surface area contributed by atoms with Crippen molar-refractivity contribution in [3.8, 4) is 5.69 Å². The van der Waals surface area contributed by atoms with E-state index in [1.165, 1.54) is 16.7 Å². The Bertz CT molecular complexity index is 845. The first-order valence-electron chi connectivity index (χ1n) is 8.55. The van der Waals surface area contributed by atoms with Crippen molar-refractivity contribution in [3.05, 3.63) is 35.9 Å². The third-order valence-corrected chi connectivity index (χ3v) is 4.90. The summed E-state index contributed by atoms with van der Waals surface area (Å²) in [4.78, 5) is 23.0. The maximum absolute atomic E-state index is 12.9. The minimum atomic E-state index is -4.24. The van der Waals surface area contributed by atoms with Gasteiger partial charge in [-0.25, -0.2) is 4.68 Å².